The molecule has 0 aliphatic heterocycles. The van der Waals surface area contributed by atoms with Crippen LogP contribution in [0.15, 0.2) is 0 Å². The molecule has 2 rings (SSSR count). The molecule has 0 spiro atoms. The van der Waals surface area contributed by atoms with Crippen LogP contribution in [-0.2, 0) is 0 Å². The first-order valence-electron chi connectivity index (χ1n) is 6.15. The van der Waals surface area contributed by atoms with Gasteiger partial charge in [0, 0.05) is 0 Å². The van der Waals surface area contributed by atoms with Gasteiger partial charge in [0.05, 0.1) is 6.10 Å². The van der Waals surface area contributed by atoms with E-state index < -0.39 is 0 Å². The Labute approximate surface area is 87.9 Å². The summed E-state index contributed by atoms with van der Waals surface area (Å²) in [6.45, 7) is 6.99. The Kier molecular flexibility index (Phi) is 2.42. The summed E-state index contributed by atoms with van der Waals surface area (Å²) in [4.78, 5) is 0. The van der Waals surface area contributed by atoms with Gasteiger partial charge in [0.2, 0.25) is 0 Å². The van der Waals surface area contributed by atoms with Crippen molar-refractivity contribution in [2.24, 2.45) is 16.7 Å². The number of fused-ring (bicyclic) bond motifs is 1. The highest BCUT2D eigenvalue weighted by atomic mass is 16.3. The van der Waals surface area contributed by atoms with Crippen molar-refractivity contribution >= 4 is 0 Å². The Bertz CT molecular complexity index is 217. The number of rotatable bonds is 0. The van der Waals surface area contributed by atoms with Gasteiger partial charge in [-0.05, 0) is 42.4 Å². The lowest BCUT2D eigenvalue weighted by atomic mass is 9.51. The van der Waals surface area contributed by atoms with Crippen LogP contribution in [0.4, 0.5) is 0 Å². The summed E-state index contributed by atoms with van der Waals surface area (Å²) in [6, 6.07) is 0. The molecule has 0 amide bonds. The first-order valence-corrected chi connectivity index (χ1v) is 6.15. The lowest BCUT2D eigenvalue weighted by molar-refractivity contribution is -0.112. The molecule has 2 fully saturated rings. The molecule has 0 heterocycles. The van der Waals surface area contributed by atoms with Crippen molar-refractivity contribution in [1.82, 2.24) is 0 Å². The quantitative estimate of drug-likeness (QED) is 0.630. The van der Waals surface area contributed by atoms with Gasteiger partial charge in [0.1, 0.15) is 0 Å². The fourth-order valence-corrected chi connectivity index (χ4v) is 4.04. The molecule has 1 unspecified atom stereocenters. The predicted molar refractivity (Wildman–Crippen MR) is 59.1 cm³/mol. The smallest absolute Gasteiger partial charge is 0.0594 e. The molecule has 0 aromatic carbocycles. The molecule has 1 N–H and O–H groups in total. The van der Waals surface area contributed by atoms with E-state index in [1.165, 1.54) is 32.1 Å². The molecule has 0 bridgehead atoms. The van der Waals surface area contributed by atoms with Crippen molar-refractivity contribution in [3.63, 3.8) is 0 Å². The van der Waals surface area contributed by atoms with Crippen molar-refractivity contribution in [3.8, 4) is 0 Å². The fourth-order valence-electron chi connectivity index (χ4n) is 4.04. The van der Waals surface area contributed by atoms with Crippen LogP contribution < -0.4 is 0 Å². The second-order valence-corrected chi connectivity index (χ2v) is 6.33. The maximum atomic E-state index is 10.1. The second-order valence-electron chi connectivity index (χ2n) is 6.33. The van der Waals surface area contributed by atoms with Gasteiger partial charge >= 0.3 is 0 Å². The van der Waals surface area contributed by atoms with Crippen molar-refractivity contribution in [2.45, 2.75) is 65.4 Å². The van der Waals surface area contributed by atoms with Gasteiger partial charge in [-0.25, -0.2) is 0 Å². The fraction of sp³-hybridized carbons (Fsp3) is 1.00. The molecular formula is C13H24O. The average molecular weight is 196 g/mol. The molecule has 2 aliphatic carbocycles. The van der Waals surface area contributed by atoms with E-state index in [9.17, 15) is 5.11 Å². The third-order valence-electron chi connectivity index (χ3n) is 5.08. The zero-order chi connectivity index (χ0) is 10.4. The van der Waals surface area contributed by atoms with Crippen LogP contribution in [0.5, 0.6) is 0 Å². The summed E-state index contributed by atoms with van der Waals surface area (Å²) in [5.41, 5.74) is 0.675. The van der Waals surface area contributed by atoms with Crippen LogP contribution in [0.3, 0.4) is 0 Å². The van der Waals surface area contributed by atoms with Crippen molar-refractivity contribution in [1.29, 1.82) is 0 Å². The minimum Gasteiger partial charge on any atom is -0.393 e. The van der Waals surface area contributed by atoms with E-state index in [4.69, 9.17) is 0 Å². The van der Waals surface area contributed by atoms with Crippen molar-refractivity contribution in [3.05, 3.63) is 0 Å². The molecule has 0 radical (unpaired) electrons. The maximum absolute atomic E-state index is 10.1. The highest BCUT2D eigenvalue weighted by Gasteiger charge is 2.51. The maximum Gasteiger partial charge on any atom is 0.0594 e. The SMILES string of the molecule is CC1(C)C(O)CC[C@@]2(C)CCCC[C@H]12. The van der Waals surface area contributed by atoms with E-state index in [-0.39, 0.29) is 11.5 Å². The number of hydrogen-bond acceptors (Lipinski definition) is 1. The number of aliphatic hydroxyl groups excluding tert-OH is 1. The summed E-state index contributed by atoms with van der Waals surface area (Å²) < 4.78 is 0. The molecule has 2 saturated carbocycles. The van der Waals surface area contributed by atoms with Gasteiger partial charge in [-0.1, -0.05) is 33.6 Å². The molecular weight excluding hydrogens is 172 g/mol. The molecule has 3 atom stereocenters. The molecule has 1 nitrogen and oxygen atoms in total. The van der Waals surface area contributed by atoms with Gasteiger partial charge < -0.3 is 5.11 Å². The van der Waals surface area contributed by atoms with Gasteiger partial charge in [-0.2, -0.15) is 0 Å². The van der Waals surface area contributed by atoms with Gasteiger partial charge in [-0.3, -0.25) is 0 Å². The molecule has 0 aromatic rings. The zero-order valence-electron chi connectivity index (χ0n) is 9.84. The Morgan fingerprint density at radius 2 is 1.71 bits per heavy atom. The Balaban J connectivity index is 2.26. The summed E-state index contributed by atoms with van der Waals surface area (Å²) in [5.74, 6) is 0.743. The average Bonchev–Trinajstić information content (AvgIpc) is 2.13. The Morgan fingerprint density at radius 1 is 1.00 bits per heavy atom. The first kappa shape index (κ1) is 10.5. The molecule has 0 saturated heterocycles. The normalized spacial score (nSPS) is 47.1. The lowest BCUT2D eigenvalue weighted by Crippen LogP contribution is -2.51. The largest absolute Gasteiger partial charge is 0.393 e. The predicted octanol–water partition coefficient (Wildman–Crippen LogP) is 3.36. The van der Waals surface area contributed by atoms with Gasteiger partial charge in [-0.15, -0.1) is 0 Å². The van der Waals surface area contributed by atoms with Gasteiger partial charge in [0.15, 0.2) is 0 Å². The molecule has 2 aliphatic rings. The topological polar surface area (TPSA) is 20.2 Å². The van der Waals surface area contributed by atoms with Crippen molar-refractivity contribution in [2.75, 3.05) is 0 Å². The summed E-state index contributed by atoms with van der Waals surface area (Å²) in [6.07, 6.45) is 7.67. The second kappa shape index (κ2) is 3.23. The molecule has 0 aromatic heterocycles. The van der Waals surface area contributed by atoms with E-state index in [1.54, 1.807) is 0 Å². The molecule has 82 valence electrons. The van der Waals surface area contributed by atoms with E-state index in [1.807, 2.05) is 0 Å². The van der Waals surface area contributed by atoms with E-state index >= 15 is 0 Å². The highest BCUT2D eigenvalue weighted by molar-refractivity contribution is 5.01. The van der Waals surface area contributed by atoms with Crippen molar-refractivity contribution < 1.29 is 5.11 Å². The molecule has 14 heavy (non-hydrogen) atoms. The monoisotopic (exact) mass is 196 g/mol. The first-order chi connectivity index (χ1) is 6.47. The number of aliphatic hydroxyl groups is 1. The zero-order valence-corrected chi connectivity index (χ0v) is 9.84. The van der Waals surface area contributed by atoms with Crippen LogP contribution in [0.25, 0.3) is 0 Å². The third-order valence-corrected chi connectivity index (χ3v) is 5.08. The van der Waals surface area contributed by atoms with Crippen LogP contribution in [0.1, 0.15) is 59.3 Å². The summed E-state index contributed by atoms with van der Waals surface area (Å²) >= 11 is 0. The van der Waals surface area contributed by atoms with E-state index in [0.717, 1.165) is 12.3 Å². The summed E-state index contributed by atoms with van der Waals surface area (Å²) in [5, 5.41) is 10.1. The van der Waals surface area contributed by atoms with Crippen LogP contribution in [0, 0.1) is 16.7 Å². The van der Waals surface area contributed by atoms with E-state index in [0.29, 0.717) is 5.41 Å². The van der Waals surface area contributed by atoms with Crippen LogP contribution in [0.2, 0.25) is 0 Å². The standard InChI is InChI=1S/C13H24O/c1-12(2)10-6-4-5-8-13(10,3)9-7-11(12)14/h10-11,14H,4-9H2,1-3H3/t10-,11?,13-/m1/s1. The Hall–Kier alpha value is -0.0400. The minimum absolute atomic E-state index is 0.0707. The molecule has 1 heteroatoms. The highest BCUT2D eigenvalue weighted by Crippen LogP contribution is 2.57. The van der Waals surface area contributed by atoms with Crippen LogP contribution in [-0.4, -0.2) is 11.2 Å². The summed E-state index contributed by atoms with van der Waals surface area (Å²) in [7, 11) is 0. The lowest BCUT2D eigenvalue weighted by Gasteiger charge is -2.55. The minimum atomic E-state index is -0.0707. The van der Waals surface area contributed by atoms with E-state index in [2.05, 4.69) is 20.8 Å². The van der Waals surface area contributed by atoms with Gasteiger partial charge in [0.25, 0.3) is 0 Å². The van der Waals surface area contributed by atoms with Crippen LogP contribution >= 0.6 is 0 Å². The Morgan fingerprint density at radius 3 is 2.43 bits per heavy atom. The third kappa shape index (κ3) is 1.41. The number of hydrogen-bond donors (Lipinski definition) is 1.